The van der Waals surface area contributed by atoms with Gasteiger partial charge in [0, 0.05) is 28.9 Å². The molecule has 2 aliphatic rings. The SMILES string of the molecule is CC(N)C(=O)NC1CCCC1c1ccc(CCC(C)(C)OC(=O)NC(C)C(=O)NC2CCCC2c2ccc(Cl)cc2)cc1. The number of alkyl carbamates (subject to hydrolysis) is 1. The normalized spacial score (nSPS) is 23.3. The van der Waals surface area contributed by atoms with E-state index in [1.165, 1.54) is 5.56 Å². The molecule has 6 atom stereocenters. The van der Waals surface area contributed by atoms with Crippen molar-refractivity contribution in [3.8, 4) is 0 Å². The van der Waals surface area contributed by atoms with Crippen LogP contribution >= 0.6 is 11.6 Å². The molecule has 0 aromatic heterocycles. The van der Waals surface area contributed by atoms with Crippen LogP contribution in [0.4, 0.5) is 4.79 Å². The first-order chi connectivity index (χ1) is 20.4. The minimum absolute atomic E-state index is 0.0183. The summed E-state index contributed by atoms with van der Waals surface area (Å²) in [7, 11) is 0. The van der Waals surface area contributed by atoms with Crippen LogP contribution in [0.2, 0.25) is 5.02 Å². The molecule has 9 heteroatoms. The van der Waals surface area contributed by atoms with Crippen molar-refractivity contribution in [1.29, 1.82) is 0 Å². The quantitative estimate of drug-likeness (QED) is 0.259. The van der Waals surface area contributed by atoms with Crippen molar-refractivity contribution in [2.45, 2.75) is 121 Å². The standard InChI is InChI=1S/C34H47ClN4O4/c1-21(36)31(40)38-29-9-5-7-27(29)24-13-11-23(12-14-24)19-20-34(3,4)43-33(42)37-22(2)32(41)39-30-10-6-8-28(30)25-15-17-26(35)18-16-25/h11-18,21-22,27-30H,5-10,19-20,36H2,1-4H3,(H,37,42)(H,38,40)(H,39,41). The molecule has 0 spiro atoms. The third kappa shape index (κ3) is 9.19. The lowest BCUT2D eigenvalue weighted by Gasteiger charge is -2.27. The van der Waals surface area contributed by atoms with E-state index >= 15 is 0 Å². The maximum atomic E-state index is 12.9. The number of carbonyl (C=O) groups excluding carboxylic acids is 3. The second-order valence-corrected chi connectivity index (χ2v) is 13.3. The zero-order chi connectivity index (χ0) is 31.1. The molecule has 8 nitrogen and oxygen atoms in total. The van der Waals surface area contributed by atoms with Gasteiger partial charge in [-0.1, -0.05) is 60.8 Å². The lowest BCUT2D eigenvalue weighted by atomic mass is 9.91. The maximum absolute atomic E-state index is 12.9. The molecule has 0 saturated heterocycles. The van der Waals surface area contributed by atoms with Gasteiger partial charge in [-0.25, -0.2) is 4.79 Å². The number of nitrogens with one attached hydrogen (secondary N) is 3. The molecule has 3 amide bonds. The number of hydrogen-bond donors (Lipinski definition) is 4. The van der Waals surface area contributed by atoms with Gasteiger partial charge in [-0.3, -0.25) is 9.59 Å². The Bertz CT molecular complexity index is 1250. The van der Waals surface area contributed by atoms with Crippen LogP contribution in [0.5, 0.6) is 0 Å². The number of amides is 3. The number of nitrogens with two attached hydrogens (primary N) is 1. The Morgan fingerprint density at radius 1 is 0.860 bits per heavy atom. The van der Waals surface area contributed by atoms with Crippen LogP contribution in [0.15, 0.2) is 48.5 Å². The highest BCUT2D eigenvalue weighted by molar-refractivity contribution is 6.30. The van der Waals surface area contributed by atoms with Crippen LogP contribution in [0.1, 0.15) is 101 Å². The van der Waals surface area contributed by atoms with Crippen molar-refractivity contribution in [3.63, 3.8) is 0 Å². The lowest BCUT2D eigenvalue weighted by Crippen LogP contribution is -2.49. The molecule has 43 heavy (non-hydrogen) atoms. The number of benzene rings is 2. The molecule has 0 radical (unpaired) electrons. The molecular formula is C34H47ClN4O4. The summed E-state index contributed by atoms with van der Waals surface area (Å²) in [6.45, 7) is 7.14. The zero-order valence-corrected chi connectivity index (χ0v) is 26.6. The third-order valence-corrected chi connectivity index (χ3v) is 9.17. The van der Waals surface area contributed by atoms with Gasteiger partial charge in [0.1, 0.15) is 11.6 Å². The van der Waals surface area contributed by atoms with Crippen molar-refractivity contribution in [3.05, 3.63) is 70.2 Å². The van der Waals surface area contributed by atoms with Crippen LogP contribution in [0.25, 0.3) is 0 Å². The summed E-state index contributed by atoms with van der Waals surface area (Å²) < 4.78 is 5.73. The molecule has 2 aliphatic carbocycles. The molecule has 2 saturated carbocycles. The van der Waals surface area contributed by atoms with Crippen LogP contribution in [0.3, 0.4) is 0 Å². The van der Waals surface area contributed by atoms with E-state index in [-0.39, 0.29) is 35.7 Å². The molecule has 0 bridgehead atoms. The minimum Gasteiger partial charge on any atom is -0.444 e. The van der Waals surface area contributed by atoms with E-state index in [1.807, 2.05) is 38.1 Å². The van der Waals surface area contributed by atoms with Gasteiger partial charge in [0.15, 0.2) is 0 Å². The Kier molecular flexibility index (Phi) is 11.1. The number of rotatable bonds is 11. The third-order valence-electron chi connectivity index (χ3n) is 8.92. The number of ether oxygens (including phenoxy) is 1. The van der Waals surface area contributed by atoms with Crippen molar-refractivity contribution >= 4 is 29.5 Å². The van der Waals surface area contributed by atoms with Crippen molar-refractivity contribution in [1.82, 2.24) is 16.0 Å². The first kappa shape index (κ1) is 32.8. The van der Waals surface area contributed by atoms with E-state index in [1.54, 1.807) is 13.8 Å². The topological polar surface area (TPSA) is 123 Å². The summed E-state index contributed by atoms with van der Waals surface area (Å²) >= 11 is 6.04. The number of aryl methyl sites for hydroxylation is 1. The number of halogens is 1. The summed E-state index contributed by atoms with van der Waals surface area (Å²) in [5.41, 5.74) is 8.55. The average molecular weight is 611 g/mol. The van der Waals surface area contributed by atoms with Gasteiger partial charge in [-0.15, -0.1) is 0 Å². The lowest BCUT2D eigenvalue weighted by molar-refractivity contribution is -0.124. The first-order valence-electron chi connectivity index (χ1n) is 15.6. The van der Waals surface area contributed by atoms with Crippen LogP contribution in [-0.4, -0.2) is 47.7 Å². The molecule has 2 aromatic carbocycles. The molecule has 0 heterocycles. The van der Waals surface area contributed by atoms with Gasteiger partial charge < -0.3 is 26.4 Å². The van der Waals surface area contributed by atoms with E-state index in [4.69, 9.17) is 22.1 Å². The van der Waals surface area contributed by atoms with Crippen LogP contribution < -0.4 is 21.7 Å². The second-order valence-electron chi connectivity index (χ2n) is 12.9. The molecule has 2 aromatic rings. The molecule has 6 unspecified atom stereocenters. The fourth-order valence-corrected chi connectivity index (χ4v) is 6.47. The summed E-state index contributed by atoms with van der Waals surface area (Å²) in [6, 6.07) is 15.2. The molecule has 5 N–H and O–H groups in total. The molecular weight excluding hydrogens is 564 g/mol. The van der Waals surface area contributed by atoms with E-state index < -0.39 is 23.8 Å². The average Bonchev–Trinajstić information content (AvgIpc) is 3.62. The fraction of sp³-hybridized carbons (Fsp3) is 0.559. The monoisotopic (exact) mass is 610 g/mol. The van der Waals surface area contributed by atoms with Crippen molar-refractivity contribution in [2.75, 3.05) is 0 Å². The number of carbonyl (C=O) groups is 3. The fourth-order valence-electron chi connectivity index (χ4n) is 6.35. The van der Waals surface area contributed by atoms with Gasteiger partial charge in [-0.2, -0.15) is 0 Å². The van der Waals surface area contributed by atoms with Gasteiger partial charge in [0.05, 0.1) is 6.04 Å². The zero-order valence-electron chi connectivity index (χ0n) is 25.8. The van der Waals surface area contributed by atoms with Gasteiger partial charge >= 0.3 is 6.09 Å². The Morgan fingerprint density at radius 2 is 1.37 bits per heavy atom. The minimum atomic E-state index is -0.723. The Balaban J connectivity index is 1.22. The van der Waals surface area contributed by atoms with E-state index in [0.29, 0.717) is 11.4 Å². The maximum Gasteiger partial charge on any atom is 0.408 e. The predicted molar refractivity (Wildman–Crippen MR) is 170 cm³/mol. The van der Waals surface area contributed by atoms with Gasteiger partial charge in [0.2, 0.25) is 11.8 Å². The molecule has 234 valence electrons. The summed E-state index contributed by atoms with van der Waals surface area (Å²) in [6.07, 6.45) is 6.77. The molecule has 0 aliphatic heterocycles. The summed E-state index contributed by atoms with van der Waals surface area (Å²) in [5.74, 6) is 0.193. The second kappa shape index (κ2) is 14.6. The first-order valence-corrected chi connectivity index (χ1v) is 16.0. The summed E-state index contributed by atoms with van der Waals surface area (Å²) in [4.78, 5) is 37.8. The molecule has 2 fully saturated rings. The Morgan fingerprint density at radius 3 is 1.91 bits per heavy atom. The molecule has 4 rings (SSSR count). The van der Waals surface area contributed by atoms with E-state index in [0.717, 1.165) is 56.1 Å². The van der Waals surface area contributed by atoms with Crippen molar-refractivity contribution in [2.24, 2.45) is 5.73 Å². The predicted octanol–water partition coefficient (Wildman–Crippen LogP) is 5.72. The van der Waals surface area contributed by atoms with Gasteiger partial charge in [0.25, 0.3) is 0 Å². The van der Waals surface area contributed by atoms with Gasteiger partial charge in [-0.05, 0) is 95.0 Å². The highest BCUT2D eigenvalue weighted by Gasteiger charge is 2.33. The number of hydrogen-bond acceptors (Lipinski definition) is 5. The smallest absolute Gasteiger partial charge is 0.408 e. The highest BCUT2D eigenvalue weighted by Crippen LogP contribution is 2.36. The van der Waals surface area contributed by atoms with E-state index in [9.17, 15) is 14.4 Å². The Hall–Kier alpha value is -3.10. The summed E-state index contributed by atoms with van der Waals surface area (Å²) in [5, 5.41) is 9.63. The Labute approximate surface area is 260 Å². The largest absolute Gasteiger partial charge is 0.444 e. The van der Waals surface area contributed by atoms with Crippen LogP contribution in [-0.2, 0) is 20.7 Å². The highest BCUT2D eigenvalue weighted by atomic mass is 35.5. The van der Waals surface area contributed by atoms with Crippen LogP contribution in [0, 0.1) is 0 Å². The van der Waals surface area contributed by atoms with Crippen molar-refractivity contribution < 1.29 is 19.1 Å². The van der Waals surface area contributed by atoms with E-state index in [2.05, 4.69) is 40.2 Å².